The summed E-state index contributed by atoms with van der Waals surface area (Å²) in [5, 5.41) is 9.30. The Morgan fingerprint density at radius 1 is 1.24 bits per heavy atom. The Labute approximate surface area is 122 Å². The molecule has 0 radical (unpaired) electrons. The highest BCUT2D eigenvalue weighted by Gasteiger charge is 2.26. The molecule has 0 bridgehead atoms. The van der Waals surface area contributed by atoms with Gasteiger partial charge in [0.1, 0.15) is 17.6 Å². The van der Waals surface area contributed by atoms with Crippen LogP contribution in [0.25, 0.3) is 0 Å². The molecule has 1 atom stereocenters. The number of benzene rings is 2. The molecule has 108 valence electrons. The van der Waals surface area contributed by atoms with Crippen LogP contribution >= 0.6 is 0 Å². The Bertz CT molecular complexity index is 678. The lowest BCUT2D eigenvalue weighted by molar-refractivity contribution is 0.0689. The maximum atomic E-state index is 11.3. The van der Waals surface area contributed by atoms with Gasteiger partial charge in [-0.25, -0.2) is 4.79 Å². The first kappa shape index (κ1) is 13.5. The van der Waals surface area contributed by atoms with Crippen molar-refractivity contribution in [2.45, 2.75) is 18.9 Å². The molecule has 0 saturated heterocycles. The summed E-state index contributed by atoms with van der Waals surface area (Å²) < 4.78 is 11.3. The summed E-state index contributed by atoms with van der Waals surface area (Å²) in [7, 11) is 1.64. The van der Waals surface area contributed by atoms with Crippen molar-refractivity contribution in [3.05, 3.63) is 59.2 Å². The highest BCUT2D eigenvalue weighted by molar-refractivity contribution is 5.89. The Morgan fingerprint density at radius 3 is 2.81 bits per heavy atom. The van der Waals surface area contributed by atoms with E-state index in [0.29, 0.717) is 5.56 Å². The maximum Gasteiger partial charge on any atom is 0.336 e. The van der Waals surface area contributed by atoms with Crippen LogP contribution in [0.4, 0.5) is 0 Å². The van der Waals surface area contributed by atoms with Crippen LogP contribution in [-0.2, 0) is 6.42 Å². The topological polar surface area (TPSA) is 55.8 Å². The second-order valence-corrected chi connectivity index (χ2v) is 4.97. The average molecular weight is 284 g/mol. The molecule has 1 aliphatic heterocycles. The summed E-state index contributed by atoms with van der Waals surface area (Å²) in [5.41, 5.74) is 2.07. The molecule has 2 aromatic rings. The van der Waals surface area contributed by atoms with Crippen molar-refractivity contribution in [1.82, 2.24) is 0 Å². The standard InChI is InChI=1S/C17H16O4/c1-20-14-7-4-8-15-13(14)9-10-16(21-15)11-5-2-3-6-12(11)17(18)19/h2-8,16H,9-10H2,1H3,(H,18,19). The van der Waals surface area contributed by atoms with Crippen molar-refractivity contribution in [2.24, 2.45) is 0 Å². The molecule has 4 heteroatoms. The Balaban J connectivity index is 1.96. The van der Waals surface area contributed by atoms with E-state index in [9.17, 15) is 9.90 Å². The van der Waals surface area contributed by atoms with Crippen molar-refractivity contribution in [3.63, 3.8) is 0 Å². The predicted octanol–water partition coefficient (Wildman–Crippen LogP) is 3.46. The van der Waals surface area contributed by atoms with Crippen molar-refractivity contribution in [2.75, 3.05) is 7.11 Å². The second-order valence-electron chi connectivity index (χ2n) is 4.97. The van der Waals surface area contributed by atoms with Gasteiger partial charge in [0, 0.05) is 11.1 Å². The molecule has 0 spiro atoms. The number of carboxylic acid groups (broad SMARTS) is 1. The van der Waals surface area contributed by atoms with Crippen molar-refractivity contribution < 1.29 is 19.4 Å². The fraction of sp³-hybridized carbons (Fsp3) is 0.235. The molecule has 4 nitrogen and oxygen atoms in total. The lowest BCUT2D eigenvalue weighted by Gasteiger charge is -2.28. The smallest absolute Gasteiger partial charge is 0.336 e. The molecule has 1 unspecified atom stereocenters. The average Bonchev–Trinajstić information content (AvgIpc) is 2.53. The van der Waals surface area contributed by atoms with Crippen LogP contribution in [0.1, 0.15) is 34.0 Å². The van der Waals surface area contributed by atoms with E-state index in [1.54, 1.807) is 19.2 Å². The van der Waals surface area contributed by atoms with Crippen LogP contribution in [0.3, 0.4) is 0 Å². The third-order valence-corrected chi connectivity index (χ3v) is 3.77. The van der Waals surface area contributed by atoms with E-state index in [-0.39, 0.29) is 6.10 Å². The summed E-state index contributed by atoms with van der Waals surface area (Å²) in [6, 6.07) is 12.7. The van der Waals surface area contributed by atoms with Crippen molar-refractivity contribution in [3.8, 4) is 11.5 Å². The van der Waals surface area contributed by atoms with Gasteiger partial charge in [0.15, 0.2) is 0 Å². The normalized spacial score (nSPS) is 16.7. The SMILES string of the molecule is COc1cccc2c1CCC(c1ccccc1C(=O)O)O2. The second kappa shape index (κ2) is 5.48. The zero-order valence-electron chi connectivity index (χ0n) is 11.7. The fourth-order valence-electron chi connectivity index (χ4n) is 2.77. The molecule has 0 fully saturated rings. The van der Waals surface area contributed by atoms with Gasteiger partial charge in [-0.15, -0.1) is 0 Å². The third-order valence-electron chi connectivity index (χ3n) is 3.77. The van der Waals surface area contributed by atoms with Gasteiger partial charge in [-0.2, -0.15) is 0 Å². The highest BCUT2D eigenvalue weighted by atomic mass is 16.5. The first-order valence-corrected chi connectivity index (χ1v) is 6.85. The van der Waals surface area contributed by atoms with Crippen LogP contribution in [0.2, 0.25) is 0 Å². The zero-order chi connectivity index (χ0) is 14.8. The molecule has 1 N–H and O–H groups in total. The monoisotopic (exact) mass is 284 g/mol. The number of rotatable bonds is 3. The highest BCUT2D eigenvalue weighted by Crippen LogP contribution is 2.39. The van der Waals surface area contributed by atoms with Gasteiger partial charge >= 0.3 is 5.97 Å². The third kappa shape index (κ3) is 2.44. The number of ether oxygens (including phenoxy) is 2. The molecular weight excluding hydrogens is 268 g/mol. The van der Waals surface area contributed by atoms with Crippen LogP contribution in [0, 0.1) is 0 Å². The fourth-order valence-corrected chi connectivity index (χ4v) is 2.77. The number of hydrogen-bond donors (Lipinski definition) is 1. The molecule has 2 aromatic carbocycles. The molecule has 21 heavy (non-hydrogen) atoms. The minimum absolute atomic E-state index is 0.239. The lowest BCUT2D eigenvalue weighted by atomic mass is 9.94. The van der Waals surface area contributed by atoms with Gasteiger partial charge < -0.3 is 14.6 Å². The van der Waals surface area contributed by atoms with Gasteiger partial charge in [-0.3, -0.25) is 0 Å². The largest absolute Gasteiger partial charge is 0.496 e. The van der Waals surface area contributed by atoms with Crippen LogP contribution in [-0.4, -0.2) is 18.2 Å². The van der Waals surface area contributed by atoms with E-state index in [1.165, 1.54) is 0 Å². The summed E-state index contributed by atoms with van der Waals surface area (Å²) in [6.07, 6.45) is 1.30. The Hall–Kier alpha value is -2.49. The quantitative estimate of drug-likeness (QED) is 0.937. The molecule has 1 heterocycles. The summed E-state index contributed by atoms with van der Waals surface area (Å²) in [5.74, 6) is 0.661. The van der Waals surface area contributed by atoms with E-state index in [1.807, 2.05) is 30.3 Å². The first-order valence-electron chi connectivity index (χ1n) is 6.85. The van der Waals surface area contributed by atoms with Gasteiger partial charge in [0.2, 0.25) is 0 Å². The van der Waals surface area contributed by atoms with Crippen molar-refractivity contribution in [1.29, 1.82) is 0 Å². The van der Waals surface area contributed by atoms with E-state index >= 15 is 0 Å². The van der Waals surface area contributed by atoms with E-state index < -0.39 is 5.97 Å². The number of hydrogen-bond acceptors (Lipinski definition) is 3. The Morgan fingerprint density at radius 2 is 2.05 bits per heavy atom. The summed E-state index contributed by atoms with van der Waals surface area (Å²) in [6.45, 7) is 0. The van der Waals surface area contributed by atoms with E-state index in [4.69, 9.17) is 9.47 Å². The number of carboxylic acids is 1. The zero-order valence-corrected chi connectivity index (χ0v) is 11.7. The van der Waals surface area contributed by atoms with Gasteiger partial charge in [-0.1, -0.05) is 24.3 Å². The minimum Gasteiger partial charge on any atom is -0.496 e. The summed E-state index contributed by atoms with van der Waals surface area (Å²) >= 11 is 0. The number of aromatic carboxylic acids is 1. The van der Waals surface area contributed by atoms with Gasteiger partial charge in [0.05, 0.1) is 12.7 Å². The van der Waals surface area contributed by atoms with Crippen LogP contribution in [0.15, 0.2) is 42.5 Å². The molecule has 3 rings (SSSR count). The first-order chi connectivity index (χ1) is 10.2. The van der Waals surface area contributed by atoms with Crippen LogP contribution in [0.5, 0.6) is 11.5 Å². The number of methoxy groups -OCH3 is 1. The molecule has 0 aliphatic carbocycles. The van der Waals surface area contributed by atoms with Gasteiger partial charge in [0.25, 0.3) is 0 Å². The van der Waals surface area contributed by atoms with Gasteiger partial charge in [-0.05, 0) is 31.0 Å². The predicted molar refractivity (Wildman–Crippen MR) is 78.1 cm³/mol. The van der Waals surface area contributed by atoms with E-state index in [2.05, 4.69) is 0 Å². The molecule has 0 aromatic heterocycles. The lowest BCUT2D eigenvalue weighted by Crippen LogP contribution is -2.18. The number of fused-ring (bicyclic) bond motifs is 1. The van der Waals surface area contributed by atoms with Crippen molar-refractivity contribution >= 4 is 5.97 Å². The molecule has 1 aliphatic rings. The minimum atomic E-state index is -0.925. The molecular formula is C17H16O4. The maximum absolute atomic E-state index is 11.3. The Kier molecular flexibility index (Phi) is 3.52. The van der Waals surface area contributed by atoms with E-state index in [0.717, 1.165) is 35.5 Å². The molecule has 0 amide bonds. The summed E-state index contributed by atoms with van der Waals surface area (Å²) in [4.78, 5) is 11.3. The van der Waals surface area contributed by atoms with Crippen LogP contribution < -0.4 is 9.47 Å². The molecule has 0 saturated carbocycles. The number of carbonyl (C=O) groups is 1.